The molecule has 1 aliphatic carbocycles. The summed E-state index contributed by atoms with van der Waals surface area (Å²) in [7, 11) is 0.643. The minimum atomic E-state index is -0.931. The van der Waals surface area contributed by atoms with E-state index in [1.165, 1.54) is 16.0 Å². The Morgan fingerprint density at radius 1 is 1.21 bits per heavy atom. The van der Waals surface area contributed by atoms with E-state index in [1.807, 2.05) is 12.1 Å². The van der Waals surface area contributed by atoms with E-state index in [-0.39, 0.29) is 41.4 Å². The average molecular weight is 451 g/mol. The number of likely N-dealkylation sites (tertiary alicyclic amines) is 1. The maximum Gasteiger partial charge on any atom is 0.455 e. The topological polar surface area (TPSA) is 87.1 Å². The smallest absolute Gasteiger partial charge is 0.455 e. The van der Waals surface area contributed by atoms with E-state index >= 15 is 0 Å². The van der Waals surface area contributed by atoms with Crippen molar-refractivity contribution in [2.75, 3.05) is 7.05 Å². The standard InChI is InChI=1S/C26H34BNO5/c1-4-7-16(12-17-8-6-9-19(29)13-17)10-11-22-23-18(5-2)14-20-24(21(23)15-27(32)33-22)26(31)28(3)25(20)30/h6,8-9,12-13,20-22,24,29,32H,4-5,7,10-11,14-15H2,1-3H3/b16-12+/t20-,21+,22-,24-/m1/s1. The van der Waals surface area contributed by atoms with Crippen LogP contribution in [-0.2, 0) is 14.2 Å². The monoisotopic (exact) mass is 451 g/mol. The number of imide groups is 1. The van der Waals surface area contributed by atoms with Crippen LogP contribution in [0.4, 0.5) is 0 Å². The molecule has 7 heteroatoms. The van der Waals surface area contributed by atoms with Crippen molar-refractivity contribution < 1.29 is 24.4 Å². The maximum absolute atomic E-state index is 12.9. The normalized spacial score (nSPS) is 27.8. The molecule has 2 fully saturated rings. The number of carbonyl (C=O) groups excluding carboxylic acids is 2. The molecule has 6 nitrogen and oxygen atoms in total. The van der Waals surface area contributed by atoms with E-state index in [0.29, 0.717) is 19.2 Å². The van der Waals surface area contributed by atoms with Crippen molar-refractivity contribution in [1.29, 1.82) is 0 Å². The lowest BCUT2D eigenvalue weighted by Gasteiger charge is -2.43. The summed E-state index contributed by atoms with van der Waals surface area (Å²) < 4.78 is 6.04. The Labute approximate surface area is 196 Å². The molecule has 176 valence electrons. The van der Waals surface area contributed by atoms with Crippen molar-refractivity contribution in [2.45, 2.75) is 64.8 Å². The molecule has 0 saturated carbocycles. The first-order valence-corrected chi connectivity index (χ1v) is 12.2. The first-order valence-electron chi connectivity index (χ1n) is 12.2. The van der Waals surface area contributed by atoms with Gasteiger partial charge in [0.25, 0.3) is 0 Å². The number of amides is 2. The molecule has 0 spiro atoms. The Morgan fingerprint density at radius 2 is 2.00 bits per heavy atom. The zero-order chi connectivity index (χ0) is 23.7. The number of benzene rings is 1. The number of carbonyl (C=O) groups is 2. The van der Waals surface area contributed by atoms with Crippen LogP contribution in [0.1, 0.15) is 57.9 Å². The molecular formula is C26H34BNO5. The first kappa shape index (κ1) is 23.8. The van der Waals surface area contributed by atoms with Crippen molar-refractivity contribution in [1.82, 2.24) is 4.90 Å². The summed E-state index contributed by atoms with van der Waals surface area (Å²) >= 11 is 0. The zero-order valence-corrected chi connectivity index (χ0v) is 19.8. The molecule has 2 N–H and O–H groups in total. The van der Waals surface area contributed by atoms with Gasteiger partial charge < -0.3 is 14.8 Å². The SMILES string of the molecule is CCC/C(=C\c1cccc(O)c1)CC[C@H]1OB(O)C[C@H]2C1=C(CC)C[C@H]1C(=O)N(C)C(=O)[C@H]12. The molecule has 0 bridgehead atoms. The van der Waals surface area contributed by atoms with Crippen molar-refractivity contribution in [3.05, 3.63) is 46.5 Å². The molecular weight excluding hydrogens is 417 g/mol. The van der Waals surface area contributed by atoms with E-state index in [0.717, 1.165) is 36.8 Å². The predicted octanol–water partition coefficient (Wildman–Crippen LogP) is 4.19. The minimum Gasteiger partial charge on any atom is -0.508 e. The summed E-state index contributed by atoms with van der Waals surface area (Å²) in [5.74, 6) is -0.794. The maximum atomic E-state index is 12.9. The van der Waals surface area contributed by atoms with E-state index < -0.39 is 7.12 Å². The molecule has 2 aliphatic heterocycles. The van der Waals surface area contributed by atoms with Gasteiger partial charge in [-0.15, -0.1) is 0 Å². The Hall–Kier alpha value is -2.38. The third kappa shape index (κ3) is 4.66. The van der Waals surface area contributed by atoms with Gasteiger partial charge in [0.05, 0.1) is 17.9 Å². The van der Waals surface area contributed by atoms with Gasteiger partial charge in [-0.25, -0.2) is 0 Å². The van der Waals surface area contributed by atoms with E-state index in [9.17, 15) is 19.7 Å². The average Bonchev–Trinajstić information content (AvgIpc) is 3.00. The summed E-state index contributed by atoms with van der Waals surface area (Å²) in [5, 5.41) is 20.4. The second-order valence-corrected chi connectivity index (χ2v) is 9.59. The van der Waals surface area contributed by atoms with Crippen LogP contribution in [0.5, 0.6) is 5.75 Å². The summed E-state index contributed by atoms with van der Waals surface area (Å²) in [6, 6.07) is 7.23. The van der Waals surface area contributed by atoms with Gasteiger partial charge in [0.15, 0.2) is 0 Å². The van der Waals surface area contributed by atoms with Crippen LogP contribution in [0, 0.1) is 17.8 Å². The Balaban J connectivity index is 1.60. The number of aromatic hydroxyl groups is 1. The molecule has 33 heavy (non-hydrogen) atoms. The number of fused-ring (bicyclic) bond motifs is 3. The zero-order valence-electron chi connectivity index (χ0n) is 19.8. The third-order valence-corrected chi connectivity index (χ3v) is 7.49. The van der Waals surface area contributed by atoms with Crippen LogP contribution in [0.15, 0.2) is 41.0 Å². The van der Waals surface area contributed by atoms with Crippen molar-refractivity contribution in [3.63, 3.8) is 0 Å². The molecule has 4 rings (SSSR count). The Bertz CT molecular complexity index is 987. The number of allylic oxidation sites excluding steroid dienone is 2. The lowest BCUT2D eigenvalue weighted by Crippen LogP contribution is -2.46. The molecule has 1 aromatic carbocycles. The highest BCUT2D eigenvalue weighted by Gasteiger charge is 2.56. The molecule has 4 atom stereocenters. The Kier molecular flexibility index (Phi) is 7.10. The molecule has 1 aromatic rings. The molecule has 0 radical (unpaired) electrons. The van der Waals surface area contributed by atoms with Crippen LogP contribution in [0.2, 0.25) is 6.32 Å². The second kappa shape index (κ2) is 9.86. The highest BCUT2D eigenvalue weighted by molar-refractivity contribution is 6.43. The quantitative estimate of drug-likeness (QED) is 0.369. The van der Waals surface area contributed by atoms with Gasteiger partial charge in [0.1, 0.15) is 5.75 Å². The van der Waals surface area contributed by atoms with Gasteiger partial charge in [-0.1, -0.05) is 49.6 Å². The summed E-state index contributed by atoms with van der Waals surface area (Å²) in [6.07, 6.45) is 7.13. The highest BCUT2D eigenvalue weighted by Crippen LogP contribution is 2.50. The van der Waals surface area contributed by atoms with Crippen molar-refractivity contribution in [3.8, 4) is 5.75 Å². The van der Waals surface area contributed by atoms with Crippen LogP contribution < -0.4 is 0 Å². The van der Waals surface area contributed by atoms with E-state index in [1.54, 1.807) is 19.2 Å². The third-order valence-electron chi connectivity index (χ3n) is 7.49. The molecule has 3 aliphatic rings. The first-order chi connectivity index (χ1) is 15.8. The number of hydrogen-bond acceptors (Lipinski definition) is 5. The predicted molar refractivity (Wildman–Crippen MR) is 128 cm³/mol. The fraction of sp³-hybridized carbons (Fsp3) is 0.538. The minimum absolute atomic E-state index is 0.0909. The highest BCUT2D eigenvalue weighted by atomic mass is 16.5. The van der Waals surface area contributed by atoms with E-state index in [4.69, 9.17) is 4.65 Å². The molecule has 0 unspecified atom stereocenters. The number of nitrogens with zero attached hydrogens (tertiary/aromatic N) is 1. The van der Waals surface area contributed by atoms with Gasteiger partial charge in [0, 0.05) is 7.05 Å². The van der Waals surface area contributed by atoms with Crippen LogP contribution in [0.3, 0.4) is 0 Å². The molecule has 2 heterocycles. The van der Waals surface area contributed by atoms with E-state index in [2.05, 4.69) is 19.9 Å². The number of phenols is 1. The van der Waals surface area contributed by atoms with Gasteiger partial charge in [-0.2, -0.15) is 0 Å². The van der Waals surface area contributed by atoms with Crippen molar-refractivity contribution >= 4 is 25.0 Å². The fourth-order valence-corrected chi connectivity index (χ4v) is 6.02. The summed E-state index contributed by atoms with van der Waals surface area (Å²) in [6.45, 7) is 4.24. The van der Waals surface area contributed by atoms with Crippen LogP contribution in [0.25, 0.3) is 6.08 Å². The summed E-state index contributed by atoms with van der Waals surface area (Å²) in [5.41, 5.74) is 4.59. The summed E-state index contributed by atoms with van der Waals surface area (Å²) in [4.78, 5) is 26.9. The second-order valence-electron chi connectivity index (χ2n) is 9.59. The van der Waals surface area contributed by atoms with Crippen LogP contribution in [-0.4, -0.2) is 47.1 Å². The molecule has 0 aromatic heterocycles. The van der Waals surface area contributed by atoms with Gasteiger partial charge >= 0.3 is 7.12 Å². The largest absolute Gasteiger partial charge is 0.508 e. The van der Waals surface area contributed by atoms with Gasteiger partial charge in [0.2, 0.25) is 11.8 Å². The van der Waals surface area contributed by atoms with Gasteiger partial charge in [-0.05, 0) is 67.6 Å². The number of rotatable bonds is 7. The number of hydrogen-bond donors (Lipinski definition) is 2. The van der Waals surface area contributed by atoms with Crippen LogP contribution >= 0.6 is 0 Å². The van der Waals surface area contributed by atoms with Gasteiger partial charge in [-0.3, -0.25) is 14.5 Å². The fourth-order valence-electron chi connectivity index (χ4n) is 6.02. The molecule has 2 amide bonds. The lowest BCUT2D eigenvalue weighted by atomic mass is 9.58. The number of phenolic OH excluding ortho intramolecular Hbond substituents is 1. The Morgan fingerprint density at radius 3 is 2.70 bits per heavy atom. The lowest BCUT2D eigenvalue weighted by molar-refractivity contribution is -0.138. The van der Waals surface area contributed by atoms with Crippen molar-refractivity contribution in [2.24, 2.45) is 17.8 Å². The molecule has 2 saturated heterocycles.